The van der Waals surface area contributed by atoms with Crippen LogP contribution in [0.2, 0.25) is 0 Å². The first-order valence-corrected chi connectivity index (χ1v) is 5.17. The molecule has 0 aliphatic heterocycles. The van der Waals surface area contributed by atoms with Crippen LogP contribution < -0.4 is 5.32 Å². The summed E-state index contributed by atoms with van der Waals surface area (Å²) in [6.45, 7) is 1.95. The van der Waals surface area contributed by atoms with E-state index in [0.29, 0.717) is 12.8 Å². The van der Waals surface area contributed by atoms with E-state index in [1.54, 1.807) is 0 Å². The van der Waals surface area contributed by atoms with E-state index in [1.807, 2.05) is 6.92 Å². The van der Waals surface area contributed by atoms with Crippen molar-refractivity contribution < 1.29 is 9.90 Å². The van der Waals surface area contributed by atoms with Crippen LogP contribution in [0.3, 0.4) is 0 Å². The number of halogens is 1. The molecule has 0 saturated heterocycles. The summed E-state index contributed by atoms with van der Waals surface area (Å²) in [6.07, 6.45) is 2.00. The van der Waals surface area contributed by atoms with Crippen LogP contribution in [0.5, 0.6) is 0 Å². The standard InChI is InChI=1S/C8H14BrNO2/c1-2-7(9)8(12)10-5-3-6(11)4-5/h5-7,11H,2-4H2,1H3,(H,10,12). The molecule has 1 atom stereocenters. The van der Waals surface area contributed by atoms with E-state index in [0.717, 1.165) is 6.42 Å². The molecule has 12 heavy (non-hydrogen) atoms. The van der Waals surface area contributed by atoms with Crippen LogP contribution in [0.1, 0.15) is 26.2 Å². The maximum Gasteiger partial charge on any atom is 0.233 e. The number of carbonyl (C=O) groups excluding carboxylic acids is 1. The van der Waals surface area contributed by atoms with Gasteiger partial charge in [0.15, 0.2) is 0 Å². The van der Waals surface area contributed by atoms with Crippen molar-refractivity contribution >= 4 is 21.8 Å². The van der Waals surface area contributed by atoms with E-state index in [-0.39, 0.29) is 22.9 Å². The highest BCUT2D eigenvalue weighted by atomic mass is 79.9. The minimum Gasteiger partial charge on any atom is -0.393 e. The van der Waals surface area contributed by atoms with Crippen LogP contribution in [-0.4, -0.2) is 28.0 Å². The Morgan fingerprint density at radius 2 is 2.33 bits per heavy atom. The summed E-state index contributed by atoms with van der Waals surface area (Å²) in [6, 6.07) is 0.194. The van der Waals surface area contributed by atoms with Gasteiger partial charge in [0.05, 0.1) is 10.9 Å². The molecule has 0 spiro atoms. The van der Waals surface area contributed by atoms with Crippen LogP contribution >= 0.6 is 15.9 Å². The number of aliphatic hydroxyl groups excluding tert-OH is 1. The SMILES string of the molecule is CCC(Br)C(=O)NC1CC(O)C1. The maximum atomic E-state index is 11.2. The van der Waals surface area contributed by atoms with Gasteiger partial charge < -0.3 is 10.4 Å². The van der Waals surface area contributed by atoms with Crippen molar-refractivity contribution in [2.45, 2.75) is 43.2 Å². The quantitative estimate of drug-likeness (QED) is 0.712. The number of carbonyl (C=O) groups is 1. The Balaban J connectivity index is 2.18. The fraction of sp³-hybridized carbons (Fsp3) is 0.875. The number of alkyl halides is 1. The largest absolute Gasteiger partial charge is 0.393 e. The molecule has 1 aliphatic carbocycles. The van der Waals surface area contributed by atoms with Gasteiger partial charge in [0, 0.05) is 6.04 Å². The Labute approximate surface area is 80.7 Å². The highest BCUT2D eigenvalue weighted by molar-refractivity contribution is 9.10. The topological polar surface area (TPSA) is 49.3 Å². The number of rotatable bonds is 3. The number of hydrogen-bond donors (Lipinski definition) is 2. The Morgan fingerprint density at radius 1 is 1.75 bits per heavy atom. The van der Waals surface area contributed by atoms with Crippen molar-refractivity contribution in [3.63, 3.8) is 0 Å². The molecule has 1 fully saturated rings. The van der Waals surface area contributed by atoms with Gasteiger partial charge in [-0.05, 0) is 19.3 Å². The van der Waals surface area contributed by atoms with E-state index < -0.39 is 0 Å². The molecule has 1 rings (SSSR count). The molecular formula is C8H14BrNO2. The van der Waals surface area contributed by atoms with Gasteiger partial charge in [-0.2, -0.15) is 0 Å². The molecule has 0 aromatic carbocycles. The molecular weight excluding hydrogens is 222 g/mol. The van der Waals surface area contributed by atoms with E-state index in [9.17, 15) is 4.79 Å². The summed E-state index contributed by atoms with van der Waals surface area (Å²) < 4.78 is 0. The van der Waals surface area contributed by atoms with Crippen LogP contribution in [0.25, 0.3) is 0 Å². The second-order valence-electron chi connectivity index (χ2n) is 3.21. The lowest BCUT2D eigenvalue weighted by Gasteiger charge is -2.32. The van der Waals surface area contributed by atoms with E-state index in [2.05, 4.69) is 21.2 Å². The van der Waals surface area contributed by atoms with Gasteiger partial charge in [0.25, 0.3) is 0 Å². The molecule has 1 aliphatic rings. The predicted molar refractivity (Wildman–Crippen MR) is 50.2 cm³/mol. The molecule has 2 N–H and O–H groups in total. The molecule has 70 valence electrons. The average molecular weight is 236 g/mol. The highest BCUT2D eigenvalue weighted by Gasteiger charge is 2.29. The van der Waals surface area contributed by atoms with Crippen LogP contribution in [-0.2, 0) is 4.79 Å². The minimum absolute atomic E-state index is 0.0365. The zero-order chi connectivity index (χ0) is 9.14. The Kier molecular flexibility index (Phi) is 3.53. The summed E-state index contributed by atoms with van der Waals surface area (Å²) in [4.78, 5) is 11.2. The molecule has 0 aromatic heterocycles. The lowest BCUT2D eigenvalue weighted by Crippen LogP contribution is -2.48. The Hall–Kier alpha value is -0.0900. The summed E-state index contributed by atoms with van der Waals surface area (Å²) in [7, 11) is 0. The highest BCUT2D eigenvalue weighted by Crippen LogP contribution is 2.20. The monoisotopic (exact) mass is 235 g/mol. The van der Waals surface area contributed by atoms with E-state index >= 15 is 0 Å². The van der Waals surface area contributed by atoms with Crippen LogP contribution in [0.15, 0.2) is 0 Å². The third kappa shape index (κ3) is 2.45. The fourth-order valence-electron chi connectivity index (χ4n) is 1.18. The van der Waals surface area contributed by atoms with Crippen molar-refractivity contribution in [2.24, 2.45) is 0 Å². The first-order chi connectivity index (χ1) is 5.63. The summed E-state index contributed by atoms with van der Waals surface area (Å²) >= 11 is 3.26. The van der Waals surface area contributed by atoms with Crippen molar-refractivity contribution in [3.8, 4) is 0 Å². The smallest absolute Gasteiger partial charge is 0.233 e. The lowest BCUT2D eigenvalue weighted by atomic mass is 9.89. The van der Waals surface area contributed by atoms with Crippen molar-refractivity contribution in [2.75, 3.05) is 0 Å². The molecule has 0 bridgehead atoms. The Morgan fingerprint density at radius 3 is 2.75 bits per heavy atom. The van der Waals surface area contributed by atoms with Gasteiger partial charge >= 0.3 is 0 Å². The Bertz CT molecular complexity index is 168. The first-order valence-electron chi connectivity index (χ1n) is 4.26. The van der Waals surface area contributed by atoms with E-state index in [4.69, 9.17) is 5.11 Å². The van der Waals surface area contributed by atoms with Gasteiger partial charge in [-0.3, -0.25) is 4.79 Å². The maximum absolute atomic E-state index is 11.2. The number of aliphatic hydroxyl groups is 1. The second-order valence-corrected chi connectivity index (χ2v) is 4.31. The predicted octanol–water partition coefficient (Wildman–Crippen LogP) is 0.799. The summed E-state index contributed by atoms with van der Waals surface area (Å²) in [5.74, 6) is 0.0365. The minimum atomic E-state index is -0.203. The molecule has 1 unspecified atom stereocenters. The van der Waals surface area contributed by atoms with Gasteiger partial charge in [0.1, 0.15) is 0 Å². The lowest BCUT2D eigenvalue weighted by molar-refractivity contribution is -0.122. The van der Waals surface area contributed by atoms with Crippen molar-refractivity contribution in [3.05, 3.63) is 0 Å². The van der Waals surface area contributed by atoms with E-state index in [1.165, 1.54) is 0 Å². The summed E-state index contributed by atoms with van der Waals surface area (Å²) in [5, 5.41) is 11.8. The summed E-state index contributed by atoms with van der Waals surface area (Å²) in [5.41, 5.74) is 0. The molecule has 1 saturated carbocycles. The zero-order valence-electron chi connectivity index (χ0n) is 7.09. The van der Waals surface area contributed by atoms with Crippen molar-refractivity contribution in [1.29, 1.82) is 0 Å². The average Bonchev–Trinajstić information content (AvgIpc) is 2.00. The molecule has 0 heterocycles. The second kappa shape index (κ2) is 4.23. The van der Waals surface area contributed by atoms with Gasteiger partial charge in [-0.25, -0.2) is 0 Å². The molecule has 1 amide bonds. The number of amides is 1. The molecule has 3 nitrogen and oxygen atoms in total. The zero-order valence-corrected chi connectivity index (χ0v) is 8.67. The van der Waals surface area contributed by atoms with Gasteiger partial charge in [-0.15, -0.1) is 0 Å². The molecule has 0 radical (unpaired) electrons. The molecule has 0 aromatic rings. The third-order valence-corrected chi connectivity index (χ3v) is 3.17. The number of nitrogens with one attached hydrogen (secondary N) is 1. The van der Waals surface area contributed by atoms with Crippen LogP contribution in [0.4, 0.5) is 0 Å². The van der Waals surface area contributed by atoms with Gasteiger partial charge in [-0.1, -0.05) is 22.9 Å². The van der Waals surface area contributed by atoms with Crippen LogP contribution in [0, 0.1) is 0 Å². The molecule has 4 heteroatoms. The number of hydrogen-bond acceptors (Lipinski definition) is 2. The van der Waals surface area contributed by atoms with Crippen molar-refractivity contribution in [1.82, 2.24) is 5.32 Å². The normalized spacial score (nSPS) is 30.6. The first kappa shape index (κ1) is 9.99. The third-order valence-electron chi connectivity index (χ3n) is 2.10. The van der Waals surface area contributed by atoms with Gasteiger partial charge in [0.2, 0.25) is 5.91 Å². The fourth-order valence-corrected chi connectivity index (χ4v) is 1.31.